The van der Waals surface area contributed by atoms with Gasteiger partial charge >= 0.3 is 0 Å². The van der Waals surface area contributed by atoms with Gasteiger partial charge in [-0.15, -0.1) is 0 Å². The van der Waals surface area contributed by atoms with E-state index in [-0.39, 0.29) is 11.7 Å². The molecule has 0 saturated carbocycles. The van der Waals surface area contributed by atoms with Crippen molar-refractivity contribution in [2.24, 2.45) is 4.99 Å². The van der Waals surface area contributed by atoms with Crippen molar-refractivity contribution < 1.29 is 9.18 Å². The van der Waals surface area contributed by atoms with Crippen LogP contribution in [0.1, 0.15) is 37.3 Å². The number of nitrogens with one attached hydrogen (secondary N) is 2. The quantitative estimate of drug-likeness (QED) is 0.765. The molecule has 1 aromatic rings. The van der Waals surface area contributed by atoms with Gasteiger partial charge in [0.25, 0.3) is 0 Å². The molecule has 0 bridgehead atoms. The van der Waals surface area contributed by atoms with Crippen LogP contribution in [0.25, 0.3) is 0 Å². The smallest absolute Gasteiger partial charge is 0.221 e. The zero-order valence-electron chi connectivity index (χ0n) is 16.9. The Morgan fingerprint density at radius 2 is 2.17 bits per heavy atom. The lowest BCUT2D eigenvalue weighted by Gasteiger charge is -2.26. The summed E-state index contributed by atoms with van der Waals surface area (Å²) in [5, 5.41) is 6.43. The normalized spacial score (nSPS) is 20.8. The van der Waals surface area contributed by atoms with Gasteiger partial charge in [-0.25, -0.2) is 4.39 Å². The Labute approximate surface area is 171 Å². The predicted molar refractivity (Wildman–Crippen MR) is 116 cm³/mol. The number of nitrogens with zero attached hydrogens (tertiary/aromatic N) is 1. The number of rotatable bonds is 5. The molecule has 1 unspecified atom stereocenters. The van der Waals surface area contributed by atoms with E-state index in [2.05, 4.69) is 40.8 Å². The molecule has 1 aromatic carbocycles. The molecular formula is C24H26FN3O. The molecule has 2 heterocycles. The maximum absolute atomic E-state index is 13.7. The Morgan fingerprint density at radius 3 is 3.00 bits per heavy atom. The fourth-order valence-electron chi connectivity index (χ4n) is 4.15. The van der Waals surface area contributed by atoms with E-state index in [9.17, 15) is 9.18 Å². The van der Waals surface area contributed by atoms with E-state index < -0.39 is 0 Å². The second-order valence-electron chi connectivity index (χ2n) is 7.87. The Bertz CT molecular complexity index is 997. The van der Waals surface area contributed by atoms with Gasteiger partial charge < -0.3 is 10.6 Å². The highest BCUT2D eigenvalue weighted by Crippen LogP contribution is 2.35. The van der Waals surface area contributed by atoms with Crippen molar-refractivity contribution in [3.8, 4) is 0 Å². The van der Waals surface area contributed by atoms with Crippen LogP contribution in [-0.2, 0) is 11.2 Å². The van der Waals surface area contributed by atoms with Gasteiger partial charge in [-0.2, -0.15) is 0 Å². The maximum Gasteiger partial charge on any atom is 0.221 e. The molecule has 29 heavy (non-hydrogen) atoms. The summed E-state index contributed by atoms with van der Waals surface area (Å²) in [5.41, 5.74) is 7.54. The first-order valence-electron chi connectivity index (χ1n) is 10.1. The maximum atomic E-state index is 13.7. The molecule has 4 rings (SSSR count). The van der Waals surface area contributed by atoms with E-state index >= 15 is 0 Å². The summed E-state index contributed by atoms with van der Waals surface area (Å²) in [4.78, 5) is 15.8. The molecule has 0 saturated heterocycles. The number of benzene rings is 1. The minimum atomic E-state index is -0.174. The topological polar surface area (TPSA) is 53.5 Å². The fourth-order valence-corrected chi connectivity index (χ4v) is 4.15. The average molecular weight is 391 g/mol. The largest absolute Gasteiger partial charge is 0.326 e. The Kier molecular flexibility index (Phi) is 5.58. The summed E-state index contributed by atoms with van der Waals surface area (Å²) in [6.45, 7) is 4.44. The second-order valence-corrected chi connectivity index (χ2v) is 7.87. The van der Waals surface area contributed by atoms with Crippen LogP contribution < -0.4 is 10.6 Å². The zero-order chi connectivity index (χ0) is 20.4. The lowest BCUT2D eigenvalue weighted by Crippen LogP contribution is -2.34. The summed E-state index contributed by atoms with van der Waals surface area (Å²) in [6.07, 6.45) is 10.7. The highest BCUT2D eigenvalue weighted by atomic mass is 19.1. The van der Waals surface area contributed by atoms with Gasteiger partial charge in [0.2, 0.25) is 5.91 Å². The first kappa shape index (κ1) is 19.5. The molecule has 2 aliphatic heterocycles. The van der Waals surface area contributed by atoms with Crippen LogP contribution in [-0.4, -0.2) is 24.2 Å². The van der Waals surface area contributed by atoms with Gasteiger partial charge in [0, 0.05) is 49.0 Å². The van der Waals surface area contributed by atoms with Crippen LogP contribution in [0.5, 0.6) is 0 Å². The molecule has 3 aliphatic rings. The molecule has 0 fully saturated rings. The van der Waals surface area contributed by atoms with Crippen LogP contribution in [0.3, 0.4) is 0 Å². The van der Waals surface area contributed by atoms with Crippen molar-refractivity contribution in [3.05, 3.63) is 76.3 Å². The minimum absolute atomic E-state index is 0.0572. The standard InChI is InChI=1S/C24H26FN3O/c1-15-3-6-21(28-16(2)29)11-17(15)4-7-20-12-18(9-10-26-20)23-14-27-24-8-5-19(25)13-22(23)24/h3,5-6,9,11,13-14,20,26H,4,7-8,10,12H2,1-2H3,(H,28,29). The molecule has 2 N–H and O–H groups in total. The van der Waals surface area contributed by atoms with E-state index in [1.165, 1.54) is 23.6 Å². The van der Waals surface area contributed by atoms with Crippen LogP contribution >= 0.6 is 0 Å². The van der Waals surface area contributed by atoms with E-state index in [1.54, 1.807) is 12.2 Å². The number of fused-ring (bicyclic) bond motifs is 1. The fraction of sp³-hybridized carbons (Fsp3) is 0.333. The molecule has 0 spiro atoms. The zero-order valence-corrected chi connectivity index (χ0v) is 16.9. The molecule has 4 nitrogen and oxygen atoms in total. The van der Waals surface area contributed by atoms with Crippen molar-refractivity contribution in [2.75, 3.05) is 11.9 Å². The third kappa shape index (κ3) is 4.46. The number of hydrogen-bond acceptors (Lipinski definition) is 3. The van der Waals surface area contributed by atoms with Crippen LogP contribution in [0, 0.1) is 6.92 Å². The summed E-state index contributed by atoms with van der Waals surface area (Å²) in [6, 6.07) is 6.42. The van der Waals surface area contributed by atoms with Crippen molar-refractivity contribution in [2.45, 2.75) is 45.6 Å². The monoisotopic (exact) mass is 391 g/mol. The van der Waals surface area contributed by atoms with E-state index in [4.69, 9.17) is 0 Å². The molecule has 1 aliphatic carbocycles. The molecule has 1 atom stereocenters. The number of anilines is 1. The average Bonchev–Trinajstić information content (AvgIpc) is 3.11. The van der Waals surface area contributed by atoms with Gasteiger partial charge in [-0.1, -0.05) is 12.1 Å². The van der Waals surface area contributed by atoms with E-state index in [0.717, 1.165) is 48.4 Å². The lowest BCUT2D eigenvalue weighted by molar-refractivity contribution is -0.114. The summed E-state index contributed by atoms with van der Waals surface area (Å²) in [5.74, 6) is -0.231. The van der Waals surface area contributed by atoms with Crippen molar-refractivity contribution >= 4 is 17.3 Å². The Hall–Kier alpha value is -2.79. The van der Waals surface area contributed by atoms with Crippen molar-refractivity contribution in [1.29, 1.82) is 0 Å². The van der Waals surface area contributed by atoms with E-state index in [0.29, 0.717) is 12.5 Å². The molecule has 1 amide bonds. The van der Waals surface area contributed by atoms with Gasteiger partial charge in [0.1, 0.15) is 5.83 Å². The second kappa shape index (κ2) is 8.29. The number of aliphatic imine (C=N–C) groups is 1. The van der Waals surface area contributed by atoms with Crippen LogP contribution in [0.4, 0.5) is 10.1 Å². The number of carbonyl (C=O) groups excluding carboxylic acids is 1. The van der Waals surface area contributed by atoms with Crippen molar-refractivity contribution in [1.82, 2.24) is 5.32 Å². The van der Waals surface area contributed by atoms with Gasteiger partial charge in [-0.05, 0) is 67.2 Å². The Balaban J connectivity index is 1.41. The number of halogens is 1. The predicted octanol–water partition coefficient (Wildman–Crippen LogP) is 4.70. The third-order valence-corrected chi connectivity index (χ3v) is 5.72. The number of aryl methyl sites for hydroxylation is 2. The number of allylic oxidation sites excluding steroid dienone is 5. The summed E-state index contributed by atoms with van der Waals surface area (Å²) in [7, 11) is 0. The third-order valence-electron chi connectivity index (χ3n) is 5.72. The van der Waals surface area contributed by atoms with Crippen molar-refractivity contribution in [3.63, 3.8) is 0 Å². The van der Waals surface area contributed by atoms with Crippen LogP contribution in [0.15, 0.2) is 70.2 Å². The first-order valence-corrected chi connectivity index (χ1v) is 10.1. The molecule has 0 radical (unpaired) electrons. The minimum Gasteiger partial charge on any atom is -0.326 e. The SMILES string of the molecule is CC(=O)Nc1ccc(C)c(CCC2CC(C3=CN=C4CC=C(F)C=C34)=CCN2)c1. The molecule has 150 valence electrons. The van der Waals surface area contributed by atoms with Gasteiger partial charge in [0.15, 0.2) is 0 Å². The highest BCUT2D eigenvalue weighted by molar-refractivity contribution is 6.09. The number of carbonyl (C=O) groups is 1. The first-order chi connectivity index (χ1) is 14.0. The summed E-state index contributed by atoms with van der Waals surface area (Å²) >= 11 is 0. The van der Waals surface area contributed by atoms with E-state index in [1.807, 2.05) is 12.3 Å². The van der Waals surface area contributed by atoms with Gasteiger partial charge in [-0.3, -0.25) is 9.79 Å². The molecular weight excluding hydrogens is 365 g/mol. The lowest BCUT2D eigenvalue weighted by atomic mass is 9.86. The Morgan fingerprint density at radius 1 is 1.31 bits per heavy atom. The molecule has 0 aromatic heterocycles. The summed E-state index contributed by atoms with van der Waals surface area (Å²) < 4.78 is 13.7. The number of amides is 1. The highest BCUT2D eigenvalue weighted by Gasteiger charge is 2.26. The van der Waals surface area contributed by atoms with Gasteiger partial charge in [0.05, 0.1) is 5.71 Å². The van der Waals surface area contributed by atoms with Crippen LogP contribution in [0.2, 0.25) is 0 Å². The number of hydrogen-bond donors (Lipinski definition) is 2. The molecule has 5 heteroatoms.